The van der Waals surface area contributed by atoms with E-state index in [1.165, 1.54) is 6.07 Å². The third-order valence-corrected chi connectivity index (χ3v) is 2.60. The first kappa shape index (κ1) is 11.3. The molecule has 0 saturated heterocycles. The largest absolute Gasteiger partial charge is 0.323 e. The van der Waals surface area contributed by atoms with Crippen molar-refractivity contribution in [2.45, 2.75) is 6.92 Å². The smallest absolute Gasteiger partial charge is 0.126 e. The zero-order valence-corrected chi connectivity index (χ0v) is 9.52. The zero-order valence-electron chi connectivity index (χ0n) is 9.52. The van der Waals surface area contributed by atoms with Crippen molar-refractivity contribution in [3.63, 3.8) is 0 Å². The molecular weight excluding hydrogens is 215 g/mol. The maximum atomic E-state index is 13.2. The van der Waals surface area contributed by atoms with Crippen LogP contribution in [-0.4, -0.2) is 6.21 Å². The summed E-state index contributed by atoms with van der Waals surface area (Å²) in [6, 6.07) is 12.8. The average molecular weight is 228 g/mol. The van der Waals surface area contributed by atoms with Gasteiger partial charge in [0.25, 0.3) is 0 Å². The summed E-state index contributed by atoms with van der Waals surface area (Å²) in [6.45, 7) is 1.75. The number of hydrogen-bond donors (Lipinski definition) is 1. The van der Waals surface area contributed by atoms with Crippen LogP contribution in [0.2, 0.25) is 0 Å². The molecule has 0 unspecified atom stereocenters. The van der Waals surface area contributed by atoms with E-state index in [0.717, 1.165) is 16.7 Å². The van der Waals surface area contributed by atoms with Gasteiger partial charge in [-0.2, -0.15) is 5.10 Å². The first-order valence-corrected chi connectivity index (χ1v) is 5.30. The minimum absolute atomic E-state index is 0.187. The van der Waals surface area contributed by atoms with E-state index in [1.54, 1.807) is 19.2 Å². The fraction of sp³-hybridized carbons (Fsp3) is 0.0714. The molecule has 0 heterocycles. The normalized spacial score (nSPS) is 10.9. The van der Waals surface area contributed by atoms with Gasteiger partial charge < -0.3 is 5.84 Å². The molecule has 2 aromatic carbocycles. The molecule has 0 fully saturated rings. The summed E-state index contributed by atoms with van der Waals surface area (Å²) in [5.74, 6) is 4.93. The van der Waals surface area contributed by atoms with Gasteiger partial charge in [-0.05, 0) is 47.4 Å². The Balaban J connectivity index is 2.45. The molecule has 0 aliphatic heterocycles. The van der Waals surface area contributed by atoms with Gasteiger partial charge in [0, 0.05) is 0 Å². The summed E-state index contributed by atoms with van der Waals surface area (Å²) in [7, 11) is 0. The summed E-state index contributed by atoms with van der Waals surface area (Å²) < 4.78 is 13.2. The number of hydrazone groups is 1. The summed E-state index contributed by atoms with van der Waals surface area (Å²) in [6.07, 6.45) is 1.58. The van der Waals surface area contributed by atoms with Crippen LogP contribution in [0.15, 0.2) is 47.6 Å². The molecule has 0 bridgehead atoms. The predicted molar refractivity (Wildman–Crippen MR) is 68.4 cm³/mol. The van der Waals surface area contributed by atoms with Crippen LogP contribution in [-0.2, 0) is 0 Å². The summed E-state index contributed by atoms with van der Waals surface area (Å²) in [4.78, 5) is 0. The first-order valence-electron chi connectivity index (χ1n) is 5.30. The topological polar surface area (TPSA) is 38.4 Å². The third kappa shape index (κ3) is 2.50. The summed E-state index contributed by atoms with van der Waals surface area (Å²) >= 11 is 0. The lowest BCUT2D eigenvalue weighted by atomic mass is 10.0. The van der Waals surface area contributed by atoms with Crippen LogP contribution >= 0.6 is 0 Å². The average Bonchev–Trinajstić information content (AvgIpc) is 2.33. The van der Waals surface area contributed by atoms with Crippen molar-refractivity contribution < 1.29 is 4.39 Å². The van der Waals surface area contributed by atoms with E-state index in [9.17, 15) is 4.39 Å². The molecule has 0 amide bonds. The molecule has 0 atom stereocenters. The number of rotatable bonds is 2. The number of benzene rings is 2. The highest BCUT2D eigenvalue weighted by Crippen LogP contribution is 2.22. The highest BCUT2D eigenvalue weighted by Gasteiger charge is 2.02. The molecule has 0 radical (unpaired) electrons. The Morgan fingerprint density at radius 2 is 1.88 bits per heavy atom. The second kappa shape index (κ2) is 4.78. The molecule has 2 rings (SSSR count). The van der Waals surface area contributed by atoms with Crippen LogP contribution in [0.5, 0.6) is 0 Å². The van der Waals surface area contributed by atoms with Crippen molar-refractivity contribution >= 4 is 6.21 Å². The molecule has 0 aliphatic carbocycles. The lowest BCUT2D eigenvalue weighted by Gasteiger charge is -2.04. The maximum Gasteiger partial charge on any atom is 0.126 e. The molecular formula is C14H13FN2. The molecule has 0 aromatic heterocycles. The highest BCUT2D eigenvalue weighted by molar-refractivity contribution is 5.82. The van der Waals surface area contributed by atoms with Crippen LogP contribution in [0, 0.1) is 12.7 Å². The number of aryl methyl sites for hydroxylation is 1. The van der Waals surface area contributed by atoms with E-state index in [2.05, 4.69) is 5.10 Å². The van der Waals surface area contributed by atoms with E-state index in [0.29, 0.717) is 5.56 Å². The van der Waals surface area contributed by atoms with Gasteiger partial charge in [-0.25, -0.2) is 4.39 Å². The Kier molecular flexibility index (Phi) is 3.19. The molecule has 2 N–H and O–H groups in total. The fourth-order valence-electron chi connectivity index (χ4n) is 1.71. The van der Waals surface area contributed by atoms with Crippen LogP contribution in [0.4, 0.5) is 4.39 Å². The molecule has 0 aliphatic rings. The van der Waals surface area contributed by atoms with Crippen molar-refractivity contribution in [1.82, 2.24) is 0 Å². The van der Waals surface area contributed by atoms with Crippen molar-refractivity contribution in [1.29, 1.82) is 0 Å². The van der Waals surface area contributed by atoms with Crippen LogP contribution < -0.4 is 5.84 Å². The Hall–Kier alpha value is -2.16. The minimum atomic E-state index is -0.187. The lowest BCUT2D eigenvalue weighted by Crippen LogP contribution is -1.88. The van der Waals surface area contributed by atoms with Crippen molar-refractivity contribution in [2.75, 3.05) is 0 Å². The van der Waals surface area contributed by atoms with E-state index in [-0.39, 0.29) is 5.82 Å². The van der Waals surface area contributed by atoms with E-state index < -0.39 is 0 Å². The van der Waals surface area contributed by atoms with E-state index >= 15 is 0 Å². The molecule has 0 spiro atoms. The first-order chi connectivity index (χ1) is 8.20. The summed E-state index contributed by atoms with van der Waals surface area (Å²) in [5, 5.41) is 3.49. The monoisotopic (exact) mass is 228 g/mol. The predicted octanol–water partition coefficient (Wildman–Crippen LogP) is 3.09. The minimum Gasteiger partial charge on any atom is -0.323 e. The van der Waals surface area contributed by atoms with Gasteiger partial charge >= 0.3 is 0 Å². The van der Waals surface area contributed by atoms with Gasteiger partial charge in [-0.1, -0.05) is 24.3 Å². The molecule has 3 heteroatoms. The Morgan fingerprint density at radius 1 is 1.12 bits per heavy atom. The van der Waals surface area contributed by atoms with Crippen LogP contribution in [0.1, 0.15) is 11.1 Å². The second-order valence-corrected chi connectivity index (χ2v) is 3.87. The van der Waals surface area contributed by atoms with Crippen molar-refractivity contribution in [2.24, 2.45) is 10.9 Å². The van der Waals surface area contributed by atoms with Gasteiger partial charge in [0.05, 0.1) is 6.21 Å². The number of halogens is 1. The zero-order chi connectivity index (χ0) is 12.3. The van der Waals surface area contributed by atoms with Crippen LogP contribution in [0.25, 0.3) is 11.1 Å². The molecule has 2 nitrogen and oxygen atoms in total. The number of nitrogens with zero attached hydrogens (tertiary/aromatic N) is 1. The van der Waals surface area contributed by atoms with Gasteiger partial charge in [-0.15, -0.1) is 0 Å². The van der Waals surface area contributed by atoms with Crippen molar-refractivity contribution in [3.05, 3.63) is 59.4 Å². The quantitative estimate of drug-likeness (QED) is 0.479. The molecule has 0 saturated carbocycles. The molecule has 17 heavy (non-hydrogen) atoms. The van der Waals surface area contributed by atoms with Crippen LogP contribution in [0.3, 0.4) is 0 Å². The number of hydrogen-bond acceptors (Lipinski definition) is 2. The highest BCUT2D eigenvalue weighted by atomic mass is 19.1. The molecule has 2 aromatic rings. The van der Waals surface area contributed by atoms with Crippen molar-refractivity contribution in [3.8, 4) is 11.1 Å². The Labute approximate surface area is 99.6 Å². The standard InChI is InChI=1S/C14H13FN2/c1-10-7-13(5-6-14(10)15)12-4-2-3-11(8-12)9-17-16/h2-9H,16H2,1H3. The second-order valence-electron chi connectivity index (χ2n) is 3.87. The SMILES string of the molecule is Cc1cc(-c2cccc(C=NN)c2)ccc1F. The van der Waals surface area contributed by atoms with Gasteiger partial charge in [-0.3, -0.25) is 0 Å². The number of nitrogens with two attached hydrogens (primary N) is 1. The molecule has 86 valence electrons. The van der Waals surface area contributed by atoms with Gasteiger partial charge in [0.1, 0.15) is 5.82 Å². The van der Waals surface area contributed by atoms with E-state index in [1.807, 2.05) is 30.3 Å². The lowest BCUT2D eigenvalue weighted by molar-refractivity contribution is 0.619. The Morgan fingerprint density at radius 3 is 2.59 bits per heavy atom. The fourth-order valence-corrected chi connectivity index (χ4v) is 1.71. The van der Waals surface area contributed by atoms with Gasteiger partial charge in [0.15, 0.2) is 0 Å². The Bertz CT molecular complexity index is 562. The maximum absolute atomic E-state index is 13.2. The van der Waals surface area contributed by atoms with E-state index in [4.69, 9.17) is 5.84 Å². The van der Waals surface area contributed by atoms with Gasteiger partial charge in [0.2, 0.25) is 0 Å². The third-order valence-electron chi connectivity index (χ3n) is 2.60. The summed E-state index contributed by atoms with van der Waals surface area (Å²) in [5.41, 5.74) is 3.56.